The van der Waals surface area contributed by atoms with Crippen molar-refractivity contribution < 1.29 is 14.7 Å². The van der Waals surface area contributed by atoms with Crippen LogP contribution in [0.2, 0.25) is 0 Å². The van der Waals surface area contributed by atoms with Crippen molar-refractivity contribution in [1.29, 1.82) is 0 Å². The summed E-state index contributed by atoms with van der Waals surface area (Å²) in [5.74, 6) is -1.16. The van der Waals surface area contributed by atoms with Gasteiger partial charge in [-0.1, -0.05) is 12.8 Å². The molecular formula is C13H17N3O3. The molecule has 1 aromatic rings. The Bertz CT molecular complexity index is 496. The molecule has 3 N–H and O–H groups in total. The van der Waals surface area contributed by atoms with Crippen LogP contribution >= 0.6 is 0 Å². The Morgan fingerprint density at radius 1 is 1.37 bits per heavy atom. The summed E-state index contributed by atoms with van der Waals surface area (Å²) in [5.41, 5.74) is -0.154. The van der Waals surface area contributed by atoms with E-state index in [-0.39, 0.29) is 23.0 Å². The Kier molecular flexibility index (Phi) is 3.69. The van der Waals surface area contributed by atoms with Gasteiger partial charge in [0.05, 0.1) is 5.69 Å². The molecule has 1 aliphatic rings. The maximum absolute atomic E-state index is 11.9. The van der Waals surface area contributed by atoms with Crippen molar-refractivity contribution in [3.8, 4) is 0 Å². The van der Waals surface area contributed by atoms with Crippen LogP contribution in [0.1, 0.15) is 43.1 Å². The second kappa shape index (κ2) is 5.26. The average molecular weight is 263 g/mol. The molecule has 0 aromatic carbocycles. The first-order valence-corrected chi connectivity index (χ1v) is 6.28. The van der Waals surface area contributed by atoms with Crippen molar-refractivity contribution in [3.63, 3.8) is 0 Å². The lowest BCUT2D eigenvalue weighted by Crippen LogP contribution is -2.45. The zero-order valence-electron chi connectivity index (χ0n) is 10.8. The van der Waals surface area contributed by atoms with Crippen molar-refractivity contribution in [3.05, 3.63) is 24.0 Å². The molecule has 2 rings (SSSR count). The zero-order chi connectivity index (χ0) is 13.9. The summed E-state index contributed by atoms with van der Waals surface area (Å²) in [6.45, 7) is 2.00. The Morgan fingerprint density at radius 2 is 2.05 bits per heavy atom. The van der Waals surface area contributed by atoms with E-state index in [4.69, 9.17) is 5.11 Å². The van der Waals surface area contributed by atoms with Crippen LogP contribution in [0.3, 0.4) is 0 Å². The van der Waals surface area contributed by atoms with Crippen LogP contribution in [-0.4, -0.2) is 27.6 Å². The summed E-state index contributed by atoms with van der Waals surface area (Å²) in [5, 5.41) is 14.4. The fourth-order valence-electron chi connectivity index (χ4n) is 2.38. The van der Waals surface area contributed by atoms with Crippen molar-refractivity contribution in [2.75, 3.05) is 5.32 Å². The maximum Gasteiger partial charge on any atom is 0.356 e. The highest BCUT2D eigenvalue weighted by atomic mass is 16.4. The quantitative estimate of drug-likeness (QED) is 0.779. The molecule has 6 nitrogen and oxygen atoms in total. The van der Waals surface area contributed by atoms with Gasteiger partial charge in [-0.05, 0) is 31.9 Å². The molecule has 0 atom stereocenters. The molecule has 1 saturated carbocycles. The van der Waals surface area contributed by atoms with Crippen molar-refractivity contribution >= 4 is 17.7 Å². The van der Waals surface area contributed by atoms with Crippen molar-refractivity contribution in [2.24, 2.45) is 0 Å². The second-order valence-corrected chi connectivity index (χ2v) is 5.05. The normalized spacial score (nSPS) is 16.9. The van der Waals surface area contributed by atoms with Crippen LogP contribution in [0.25, 0.3) is 0 Å². The lowest BCUT2D eigenvalue weighted by Gasteiger charge is -2.25. The molecule has 1 aromatic heterocycles. The number of carbonyl (C=O) groups is 2. The number of hydrogen-bond acceptors (Lipinski definition) is 3. The standard InChI is InChI=1S/C13H17N3O3/c1-13(6-2-3-7-13)16-12(19)15-9-5-4-8-14-10(9)11(17)18/h4-5,8H,2-3,6-7H2,1H3,(H,17,18)(H2,15,16,19). The topological polar surface area (TPSA) is 91.3 Å². The van der Waals surface area contributed by atoms with Gasteiger partial charge in [0, 0.05) is 11.7 Å². The largest absolute Gasteiger partial charge is 0.476 e. The lowest BCUT2D eigenvalue weighted by atomic mass is 10.0. The van der Waals surface area contributed by atoms with E-state index in [9.17, 15) is 9.59 Å². The highest BCUT2D eigenvalue weighted by molar-refractivity contribution is 5.98. The Labute approximate surface area is 111 Å². The van der Waals surface area contributed by atoms with E-state index in [0.717, 1.165) is 25.7 Å². The van der Waals surface area contributed by atoms with Crippen molar-refractivity contribution in [2.45, 2.75) is 38.1 Å². The fourth-order valence-corrected chi connectivity index (χ4v) is 2.38. The summed E-state index contributed by atoms with van der Waals surface area (Å²) in [7, 11) is 0. The Hall–Kier alpha value is -2.11. The second-order valence-electron chi connectivity index (χ2n) is 5.05. The van der Waals surface area contributed by atoms with Gasteiger partial charge in [0.25, 0.3) is 0 Å². The molecule has 19 heavy (non-hydrogen) atoms. The summed E-state index contributed by atoms with van der Waals surface area (Å²) >= 11 is 0. The Balaban J connectivity index is 2.05. The van der Waals surface area contributed by atoms with Crippen LogP contribution in [0, 0.1) is 0 Å². The molecule has 102 valence electrons. The molecule has 0 spiro atoms. The van der Waals surface area contributed by atoms with Crippen LogP contribution in [0.5, 0.6) is 0 Å². The van der Waals surface area contributed by atoms with Gasteiger partial charge < -0.3 is 15.7 Å². The highest BCUT2D eigenvalue weighted by Gasteiger charge is 2.30. The Morgan fingerprint density at radius 3 is 2.68 bits per heavy atom. The minimum absolute atomic E-state index is 0.158. The van der Waals surface area contributed by atoms with Crippen LogP contribution in [0.4, 0.5) is 10.5 Å². The molecule has 6 heteroatoms. The molecule has 1 fully saturated rings. The number of amides is 2. The van der Waals surface area contributed by atoms with Gasteiger partial charge in [-0.2, -0.15) is 0 Å². The number of aromatic nitrogens is 1. The predicted octanol–water partition coefficient (Wildman–Crippen LogP) is 2.23. The van der Waals surface area contributed by atoms with E-state index in [1.165, 1.54) is 12.3 Å². The molecule has 0 bridgehead atoms. The molecule has 0 unspecified atom stereocenters. The third kappa shape index (κ3) is 3.21. The molecule has 2 amide bonds. The molecule has 1 heterocycles. The molecule has 0 saturated heterocycles. The number of rotatable bonds is 3. The zero-order valence-corrected chi connectivity index (χ0v) is 10.8. The summed E-state index contributed by atoms with van der Waals surface area (Å²) in [4.78, 5) is 26.6. The predicted molar refractivity (Wildman–Crippen MR) is 70.2 cm³/mol. The number of anilines is 1. The maximum atomic E-state index is 11.9. The number of urea groups is 1. The smallest absolute Gasteiger partial charge is 0.356 e. The van der Waals surface area contributed by atoms with E-state index in [0.29, 0.717) is 0 Å². The van der Waals surface area contributed by atoms with Gasteiger partial charge >= 0.3 is 12.0 Å². The van der Waals surface area contributed by atoms with Crippen LogP contribution in [0.15, 0.2) is 18.3 Å². The summed E-state index contributed by atoms with van der Waals surface area (Å²) < 4.78 is 0. The van der Waals surface area contributed by atoms with Gasteiger partial charge in [-0.25, -0.2) is 14.6 Å². The van der Waals surface area contributed by atoms with Gasteiger partial charge in [0.2, 0.25) is 0 Å². The number of carbonyl (C=O) groups excluding carboxylic acids is 1. The highest BCUT2D eigenvalue weighted by Crippen LogP contribution is 2.28. The van der Waals surface area contributed by atoms with E-state index in [2.05, 4.69) is 15.6 Å². The summed E-state index contributed by atoms with van der Waals surface area (Å²) in [6.07, 6.45) is 5.47. The lowest BCUT2D eigenvalue weighted by molar-refractivity contribution is 0.0692. The van der Waals surface area contributed by atoms with E-state index in [1.54, 1.807) is 6.07 Å². The first-order chi connectivity index (χ1) is 9.00. The minimum Gasteiger partial charge on any atom is -0.476 e. The molecule has 0 radical (unpaired) electrons. The molecule has 1 aliphatic carbocycles. The number of carboxylic acids is 1. The number of nitrogens with one attached hydrogen (secondary N) is 2. The van der Waals surface area contributed by atoms with E-state index in [1.807, 2.05) is 6.92 Å². The molecular weight excluding hydrogens is 246 g/mol. The fraction of sp³-hybridized carbons (Fsp3) is 0.462. The first kappa shape index (κ1) is 13.3. The third-order valence-electron chi connectivity index (χ3n) is 3.38. The van der Waals surface area contributed by atoms with E-state index >= 15 is 0 Å². The van der Waals surface area contributed by atoms with Gasteiger partial charge in [-0.3, -0.25) is 0 Å². The average Bonchev–Trinajstić information content (AvgIpc) is 2.75. The number of nitrogens with zero attached hydrogens (tertiary/aromatic N) is 1. The van der Waals surface area contributed by atoms with Gasteiger partial charge in [-0.15, -0.1) is 0 Å². The van der Waals surface area contributed by atoms with Gasteiger partial charge in [0.1, 0.15) is 0 Å². The van der Waals surface area contributed by atoms with E-state index < -0.39 is 5.97 Å². The SMILES string of the molecule is CC1(NC(=O)Nc2cccnc2C(=O)O)CCCC1. The molecule has 0 aliphatic heterocycles. The number of pyridine rings is 1. The number of hydrogen-bond donors (Lipinski definition) is 3. The van der Waals surface area contributed by atoms with Crippen molar-refractivity contribution in [1.82, 2.24) is 10.3 Å². The first-order valence-electron chi connectivity index (χ1n) is 6.28. The number of aromatic carboxylic acids is 1. The third-order valence-corrected chi connectivity index (χ3v) is 3.38. The summed E-state index contributed by atoms with van der Waals surface area (Å²) in [6, 6.07) is 2.71. The monoisotopic (exact) mass is 263 g/mol. The van der Waals surface area contributed by atoms with Crippen LogP contribution in [-0.2, 0) is 0 Å². The van der Waals surface area contributed by atoms with Crippen LogP contribution < -0.4 is 10.6 Å². The minimum atomic E-state index is -1.16. The van der Waals surface area contributed by atoms with Gasteiger partial charge in [0.15, 0.2) is 5.69 Å². The number of carboxylic acid groups (broad SMARTS) is 1.